The van der Waals surface area contributed by atoms with E-state index in [9.17, 15) is 14.3 Å². The van der Waals surface area contributed by atoms with Crippen LogP contribution in [0.25, 0.3) is 0 Å². The van der Waals surface area contributed by atoms with Crippen LogP contribution in [0.4, 0.5) is 10.1 Å². The first-order chi connectivity index (χ1) is 10.5. The van der Waals surface area contributed by atoms with Gasteiger partial charge < -0.3 is 15.2 Å². The molecule has 1 aliphatic heterocycles. The molecule has 0 spiro atoms. The van der Waals surface area contributed by atoms with E-state index in [1.165, 1.54) is 19.2 Å². The summed E-state index contributed by atoms with van der Waals surface area (Å²) in [7, 11) is 1.54. The van der Waals surface area contributed by atoms with Gasteiger partial charge in [-0.3, -0.25) is 4.79 Å². The van der Waals surface area contributed by atoms with Crippen LogP contribution in [0.2, 0.25) is 0 Å². The summed E-state index contributed by atoms with van der Waals surface area (Å²) in [5.74, 6) is -0.498. The van der Waals surface area contributed by atoms with Crippen molar-refractivity contribution >= 4 is 11.6 Å². The zero-order chi connectivity index (χ0) is 15.9. The van der Waals surface area contributed by atoms with Gasteiger partial charge in [0.25, 0.3) is 0 Å². The van der Waals surface area contributed by atoms with Crippen molar-refractivity contribution in [1.29, 1.82) is 0 Å². The predicted molar refractivity (Wildman–Crippen MR) is 80.5 cm³/mol. The van der Waals surface area contributed by atoms with E-state index in [1.54, 1.807) is 31.2 Å². The minimum Gasteiger partial charge on any atom is -0.497 e. The Morgan fingerprint density at radius 1 is 1.32 bits per heavy atom. The fourth-order valence-electron chi connectivity index (χ4n) is 2.72. The summed E-state index contributed by atoms with van der Waals surface area (Å²) in [5, 5.41) is 13.3. The van der Waals surface area contributed by atoms with Crippen LogP contribution in [0.15, 0.2) is 36.4 Å². The first-order valence-electron chi connectivity index (χ1n) is 6.97. The lowest BCUT2D eigenvalue weighted by molar-refractivity contribution is -0.116. The molecule has 0 aromatic heterocycles. The lowest BCUT2D eigenvalue weighted by Gasteiger charge is -2.16. The van der Waals surface area contributed by atoms with E-state index in [-0.39, 0.29) is 5.91 Å². The van der Waals surface area contributed by atoms with Gasteiger partial charge in [-0.25, -0.2) is 4.39 Å². The summed E-state index contributed by atoms with van der Waals surface area (Å²) in [6.07, 6.45) is -1.05. The summed E-state index contributed by atoms with van der Waals surface area (Å²) in [4.78, 5) is 11.8. The number of rotatable bonds is 3. The Balaban J connectivity index is 2.09. The molecule has 114 valence electrons. The molecule has 0 saturated carbocycles. The van der Waals surface area contributed by atoms with E-state index in [4.69, 9.17) is 4.74 Å². The summed E-state index contributed by atoms with van der Waals surface area (Å²) < 4.78 is 19.0. The number of fused-ring (bicyclic) bond motifs is 1. The lowest BCUT2D eigenvalue weighted by atomic mass is 9.94. The number of carbonyl (C=O) groups is 1. The molecule has 0 aliphatic carbocycles. The molecule has 0 bridgehead atoms. The highest BCUT2D eigenvalue weighted by atomic mass is 19.1. The Morgan fingerprint density at radius 2 is 2.09 bits per heavy atom. The SMILES string of the molecule is COc1cccc(C(O)c2cc(F)cc3c2NC(=O)C3C)c1. The van der Waals surface area contributed by atoms with Crippen LogP contribution in [-0.2, 0) is 4.79 Å². The molecule has 3 rings (SSSR count). The summed E-state index contributed by atoms with van der Waals surface area (Å²) in [6, 6.07) is 9.50. The average Bonchev–Trinajstić information content (AvgIpc) is 2.81. The molecule has 0 radical (unpaired) electrons. The normalized spacial score (nSPS) is 17.8. The summed E-state index contributed by atoms with van der Waals surface area (Å²) in [5.41, 5.74) is 1.98. The zero-order valence-corrected chi connectivity index (χ0v) is 12.3. The summed E-state index contributed by atoms with van der Waals surface area (Å²) in [6.45, 7) is 1.71. The van der Waals surface area contributed by atoms with Crippen LogP contribution < -0.4 is 10.1 Å². The molecule has 2 N–H and O–H groups in total. The monoisotopic (exact) mass is 301 g/mol. The molecule has 1 aliphatic rings. The quantitative estimate of drug-likeness (QED) is 0.916. The maximum absolute atomic E-state index is 13.9. The standard InChI is InChI=1S/C17H16FNO3/c1-9-13-7-11(18)8-14(15(13)19-17(9)21)16(20)10-4-3-5-12(6-10)22-2/h3-9,16,20H,1-2H3,(H,19,21). The van der Waals surface area contributed by atoms with Crippen LogP contribution in [-0.4, -0.2) is 18.1 Å². The second-order valence-corrected chi connectivity index (χ2v) is 5.35. The van der Waals surface area contributed by atoms with Crippen molar-refractivity contribution in [3.63, 3.8) is 0 Å². The number of benzene rings is 2. The van der Waals surface area contributed by atoms with Gasteiger partial charge >= 0.3 is 0 Å². The fourth-order valence-corrected chi connectivity index (χ4v) is 2.72. The van der Waals surface area contributed by atoms with Crippen LogP contribution in [0.3, 0.4) is 0 Å². The van der Waals surface area contributed by atoms with Gasteiger partial charge in [0.2, 0.25) is 5.91 Å². The van der Waals surface area contributed by atoms with Crippen molar-refractivity contribution < 1.29 is 19.0 Å². The smallest absolute Gasteiger partial charge is 0.231 e. The van der Waals surface area contributed by atoms with Gasteiger partial charge in [0.1, 0.15) is 17.7 Å². The van der Waals surface area contributed by atoms with Gasteiger partial charge in [0.15, 0.2) is 0 Å². The van der Waals surface area contributed by atoms with Crippen molar-refractivity contribution in [2.75, 3.05) is 12.4 Å². The molecular formula is C17H16FNO3. The number of hydrogen-bond acceptors (Lipinski definition) is 3. The number of methoxy groups -OCH3 is 1. The molecular weight excluding hydrogens is 285 g/mol. The number of aliphatic hydroxyl groups excluding tert-OH is 1. The van der Waals surface area contributed by atoms with Gasteiger partial charge in [-0.05, 0) is 42.3 Å². The minimum absolute atomic E-state index is 0.195. The minimum atomic E-state index is -1.05. The molecule has 4 nitrogen and oxygen atoms in total. The Labute approximate surface area is 127 Å². The number of hydrogen-bond donors (Lipinski definition) is 2. The maximum atomic E-state index is 13.9. The largest absolute Gasteiger partial charge is 0.497 e. The van der Waals surface area contributed by atoms with Crippen molar-refractivity contribution in [3.05, 3.63) is 58.9 Å². The number of ether oxygens (including phenoxy) is 1. The van der Waals surface area contributed by atoms with Crippen molar-refractivity contribution in [3.8, 4) is 5.75 Å². The van der Waals surface area contributed by atoms with E-state index in [0.717, 1.165) is 0 Å². The topological polar surface area (TPSA) is 58.6 Å². The highest BCUT2D eigenvalue weighted by Crippen LogP contribution is 2.40. The van der Waals surface area contributed by atoms with Gasteiger partial charge in [0, 0.05) is 5.56 Å². The molecule has 0 fully saturated rings. The van der Waals surface area contributed by atoms with E-state index < -0.39 is 17.8 Å². The van der Waals surface area contributed by atoms with Crippen LogP contribution >= 0.6 is 0 Å². The highest BCUT2D eigenvalue weighted by molar-refractivity contribution is 6.03. The second kappa shape index (κ2) is 5.42. The second-order valence-electron chi connectivity index (χ2n) is 5.35. The van der Waals surface area contributed by atoms with Gasteiger partial charge in [0.05, 0.1) is 18.7 Å². The molecule has 1 amide bonds. The number of halogens is 1. The van der Waals surface area contributed by atoms with E-state index in [2.05, 4.69) is 5.32 Å². The van der Waals surface area contributed by atoms with E-state index >= 15 is 0 Å². The Bertz CT molecular complexity index is 745. The van der Waals surface area contributed by atoms with E-state index in [0.29, 0.717) is 28.1 Å². The van der Waals surface area contributed by atoms with Crippen LogP contribution in [0, 0.1) is 5.82 Å². The number of amides is 1. The molecule has 22 heavy (non-hydrogen) atoms. The van der Waals surface area contributed by atoms with Gasteiger partial charge in [-0.15, -0.1) is 0 Å². The third-order valence-electron chi connectivity index (χ3n) is 3.98. The number of nitrogens with one attached hydrogen (secondary N) is 1. The van der Waals surface area contributed by atoms with Crippen LogP contribution in [0.1, 0.15) is 35.6 Å². The predicted octanol–water partition coefficient (Wildman–Crippen LogP) is 2.97. The van der Waals surface area contributed by atoms with Crippen molar-refractivity contribution in [1.82, 2.24) is 0 Å². The highest BCUT2D eigenvalue weighted by Gasteiger charge is 2.31. The van der Waals surface area contributed by atoms with E-state index in [1.807, 2.05) is 0 Å². The van der Waals surface area contributed by atoms with Gasteiger partial charge in [-0.1, -0.05) is 12.1 Å². The summed E-state index contributed by atoms with van der Waals surface area (Å²) >= 11 is 0. The first kappa shape index (κ1) is 14.5. The van der Waals surface area contributed by atoms with Crippen molar-refractivity contribution in [2.45, 2.75) is 18.9 Å². The van der Waals surface area contributed by atoms with Crippen molar-refractivity contribution in [2.24, 2.45) is 0 Å². The molecule has 1 heterocycles. The molecule has 2 unspecified atom stereocenters. The molecule has 0 saturated heterocycles. The molecule has 2 atom stereocenters. The Morgan fingerprint density at radius 3 is 2.82 bits per heavy atom. The van der Waals surface area contributed by atoms with Gasteiger partial charge in [-0.2, -0.15) is 0 Å². The lowest BCUT2D eigenvalue weighted by Crippen LogP contribution is -2.10. The first-order valence-corrected chi connectivity index (χ1v) is 6.97. The number of aliphatic hydroxyl groups is 1. The molecule has 2 aromatic rings. The Hall–Kier alpha value is -2.40. The zero-order valence-electron chi connectivity index (χ0n) is 12.3. The third kappa shape index (κ3) is 2.33. The molecule has 5 heteroatoms. The Kier molecular flexibility index (Phi) is 3.58. The maximum Gasteiger partial charge on any atom is 0.231 e. The third-order valence-corrected chi connectivity index (χ3v) is 3.98. The number of carbonyl (C=O) groups excluding carboxylic acids is 1. The fraction of sp³-hybridized carbons (Fsp3) is 0.235. The number of anilines is 1. The average molecular weight is 301 g/mol. The van der Waals surface area contributed by atoms with Crippen LogP contribution in [0.5, 0.6) is 5.75 Å². The molecule has 2 aromatic carbocycles.